The van der Waals surface area contributed by atoms with E-state index >= 15 is 9.59 Å². The Morgan fingerprint density at radius 2 is 1.71 bits per heavy atom. The molecule has 6 atom stereocenters. The minimum Gasteiger partial charge on any atom is -0.508 e. The predicted octanol–water partition coefficient (Wildman–Crippen LogP) is 9.11. The van der Waals surface area contributed by atoms with Crippen LogP contribution in [0.5, 0.6) is 11.5 Å². The number of carbonyl (C=O) groups excluding carboxylic acids is 4. The number of hydrogen-bond donors (Lipinski definition) is 1. The number of phenolic OH excluding ortho intramolecular Hbond substituents is 1. The first kappa shape index (κ1) is 38.0. The number of benzene rings is 3. The molecule has 2 saturated heterocycles. The van der Waals surface area contributed by atoms with Crippen LogP contribution in [0.1, 0.15) is 74.5 Å². The smallest absolute Gasteiger partial charge is 0.242 e. The summed E-state index contributed by atoms with van der Waals surface area (Å²) in [4.78, 5) is 62.8. The van der Waals surface area contributed by atoms with Crippen molar-refractivity contribution in [1.82, 2.24) is 14.7 Å². The number of anilines is 1. The molecule has 5 aliphatic rings. The van der Waals surface area contributed by atoms with Crippen molar-refractivity contribution >= 4 is 62.5 Å². The van der Waals surface area contributed by atoms with Crippen molar-refractivity contribution in [3.05, 3.63) is 106 Å². The molecule has 10 nitrogen and oxygen atoms in total. The molecule has 0 spiro atoms. The summed E-state index contributed by atoms with van der Waals surface area (Å²) >= 11 is 7.92. The highest BCUT2D eigenvalue weighted by atomic mass is 35.5. The van der Waals surface area contributed by atoms with Crippen LogP contribution < -0.4 is 9.64 Å². The van der Waals surface area contributed by atoms with E-state index in [4.69, 9.17) is 21.4 Å². The minimum absolute atomic E-state index is 0.0660. The number of amides is 4. The second-order valence-electron chi connectivity index (χ2n) is 17.2. The maximum Gasteiger partial charge on any atom is 0.242 e. The van der Waals surface area contributed by atoms with Crippen molar-refractivity contribution in [2.24, 2.45) is 36.1 Å². The largest absolute Gasteiger partial charge is 0.508 e. The number of fused-ring (bicyclic) bond motifs is 5. The number of halogens is 1. The summed E-state index contributed by atoms with van der Waals surface area (Å²) in [5.41, 5.74) is 2.59. The third-order valence-electron chi connectivity index (χ3n) is 14.0. The summed E-state index contributed by atoms with van der Waals surface area (Å²) in [5.74, 6) is -3.54. The molecule has 4 fully saturated rings. The fourth-order valence-corrected chi connectivity index (χ4v) is 12.4. The normalized spacial score (nSPS) is 27.0. The summed E-state index contributed by atoms with van der Waals surface area (Å²) in [7, 11) is 1.73. The highest BCUT2D eigenvalue weighted by Crippen LogP contribution is 2.64. The molecule has 0 bridgehead atoms. The van der Waals surface area contributed by atoms with Crippen LogP contribution in [0.15, 0.2) is 84.4 Å². The van der Waals surface area contributed by atoms with Gasteiger partial charge in [-0.25, -0.2) is 4.90 Å². The van der Waals surface area contributed by atoms with E-state index in [0.29, 0.717) is 40.9 Å². The van der Waals surface area contributed by atoms with E-state index in [1.165, 1.54) is 4.90 Å². The van der Waals surface area contributed by atoms with Crippen molar-refractivity contribution in [2.75, 3.05) is 4.90 Å². The van der Waals surface area contributed by atoms with Crippen LogP contribution in [0, 0.1) is 36.0 Å². The zero-order valence-corrected chi connectivity index (χ0v) is 34.8. The molecule has 2 aliphatic heterocycles. The lowest BCUT2D eigenvalue weighted by molar-refractivity contribution is -0.144. The van der Waals surface area contributed by atoms with Gasteiger partial charge < -0.3 is 9.84 Å². The molecule has 5 aromatic rings. The van der Waals surface area contributed by atoms with E-state index in [1.54, 1.807) is 52.2 Å². The Morgan fingerprint density at radius 3 is 2.47 bits per heavy atom. The van der Waals surface area contributed by atoms with Gasteiger partial charge in [0.05, 0.1) is 28.0 Å². The fourth-order valence-electron chi connectivity index (χ4n) is 11.1. The molecule has 302 valence electrons. The molecule has 59 heavy (non-hydrogen) atoms. The number of aryl methyl sites for hydroxylation is 2. The maximum absolute atomic E-state index is 15.3. The summed E-state index contributed by atoms with van der Waals surface area (Å²) < 4.78 is 8.71. The van der Waals surface area contributed by atoms with Gasteiger partial charge in [0, 0.05) is 46.4 Å². The Hall–Kier alpha value is -5.26. The van der Waals surface area contributed by atoms with Gasteiger partial charge in [-0.05, 0) is 86.2 Å². The molecule has 1 N–H and O–H groups in total. The number of aromatic nitrogens is 2. The van der Waals surface area contributed by atoms with Gasteiger partial charge in [0.1, 0.15) is 29.6 Å². The SMILES string of the molecule is Cc1c(-c2cc(N3C(=O)C4CC5C(=CCC6C(=O)N(C7CCCCC7)C(=O)C65)C(c5ccc(OCc6ccccc6)cc5O)C4(C)C3=O)n(C)n2)sc2ccc(Cl)cc12. The lowest BCUT2D eigenvalue weighted by Gasteiger charge is -2.49. The molecule has 6 unspecified atom stereocenters. The van der Waals surface area contributed by atoms with Crippen LogP contribution in [0.2, 0.25) is 5.02 Å². The van der Waals surface area contributed by atoms with Crippen molar-refractivity contribution in [2.45, 2.75) is 77.4 Å². The van der Waals surface area contributed by atoms with Gasteiger partial charge >= 0.3 is 0 Å². The third-order valence-corrected chi connectivity index (χ3v) is 15.6. The number of nitrogens with zero attached hydrogens (tertiary/aromatic N) is 4. The highest BCUT2D eigenvalue weighted by molar-refractivity contribution is 7.22. The number of rotatable bonds is 7. The first-order valence-corrected chi connectivity index (χ1v) is 21.8. The molecule has 2 aromatic heterocycles. The Balaban J connectivity index is 1.05. The average Bonchev–Trinajstić information content (AvgIpc) is 3.91. The molecule has 12 heteroatoms. The second kappa shape index (κ2) is 14.2. The van der Waals surface area contributed by atoms with Crippen molar-refractivity contribution < 1.29 is 29.0 Å². The van der Waals surface area contributed by atoms with Gasteiger partial charge in [0.15, 0.2) is 0 Å². The van der Waals surface area contributed by atoms with Crippen LogP contribution in [0.4, 0.5) is 5.82 Å². The monoisotopic (exact) mass is 828 g/mol. The Labute approximate surface area is 351 Å². The van der Waals surface area contributed by atoms with Crippen LogP contribution in [0.25, 0.3) is 20.7 Å². The number of imide groups is 2. The van der Waals surface area contributed by atoms with E-state index in [0.717, 1.165) is 63.8 Å². The van der Waals surface area contributed by atoms with Gasteiger partial charge in [0.2, 0.25) is 23.6 Å². The lowest BCUT2D eigenvalue weighted by Crippen LogP contribution is -2.49. The molecular formula is C47H45ClN4O6S. The molecule has 4 amide bonds. The highest BCUT2D eigenvalue weighted by Gasteiger charge is 2.68. The number of likely N-dealkylation sites (tertiary alicyclic amines) is 1. The maximum atomic E-state index is 15.3. The Morgan fingerprint density at radius 1 is 0.932 bits per heavy atom. The first-order valence-electron chi connectivity index (χ1n) is 20.6. The standard InChI is InChI=1S/C47H45ClN4O6S/c1-25-33-20-27(48)14-19-38(33)59-42(25)36-23-39(50(3)49-36)52-44(55)35-22-34-30(17-18-32-40(34)45(56)51(43(32)54)28-12-8-5-9-13-28)41(47(35,2)46(52)57)31-16-15-29(21-37(31)53)58-24-26-10-6-4-7-11-26/h4,6-7,10-11,14-17,19-21,23,28,32,34-35,40-41,53H,5,8-9,12-13,18,22,24H2,1-3H3. The summed E-state index contributed by atoms with van der Waals surface area (Å²) in [6, 6.07) is 22.3. The molecular weight excluding hydrogens is 784 g/mol. The summed E-state index contributed by atoms with van der Waals surface area (Å²) in [5, 5.41) is 18.4. The predicted molar refractivity (Wildman–Crippen MR) is 226 cm³/mol. The summed E-state index contributed by atoms with van der Waals surface area (Å²) in [6.07, 6.45) is 7.30. The number of aromatic hydroxyl groups is 1. The summed E-state index contributed by atoms with van der Waals surface area (Å²) in [6.45, 7) is 4.15. The van der Waals surface area contributed by atoms with Crippen LogP contribution in [-0.2, 0) is 32.8 Å². The van der Waals surface area contributed by atoms with Gasteiger partial charge in [0.25, 0.3) is 0 Å². The zero-order chi connectivity index (χ0) is 40.9. The number of thiophene rings is 1. The average molecular weight is 829 g/mol. The molecule has 10 rings (SSSR count). The molecule has 2 saturated carbocycles. The van der Waals surface area contributed by atoms with Gasteiger partial charge in [-0.15, -0.1) is 11.3 Å². The number of allylic oxidation sites excluding steroid dienone is 2. The number of ether oxygens (including phenoxy) is 1. The lowest BCUT2D eigenvalue weighted by atomic mass is 9.51. The van der Waals surface area contributed by atoms with E-state index in [1.807, 2.05) is 68.5 Å². The van der Waals surface area contributed by atoms with Crippen molar-refractivity contribution in [1.29, 1.82) is 0 Å². The first-order chi connectivity index (χ1) is 28.4. The number of phenols is 1. The van der Waals surface area contributed by atoms with E-state index in [9.17, 15) is 14.7 Å². The molecule has 3 aromatic carbocycles. The van der Waals surface area contributed by atoms with E-state index in [-0.39, 0.29) is 35.9 Å². The topological polar surface area (TPSA) is 122 Å². The van der Waals surface area contributed by atoms with E-state index in [2.05, 4.69) is 0 Å². The van der Waals surface area contributed by atoms with Crippen LogP contribution >= 0.6 is 22.9 Å². The van der Waals surface area contributed by atoms with Crippen LogP contribution in [0.3, 0.4) is 0 Å². The van der Waals surface area contributed by atoms with Gasteiger partial charge in [-0.3, -0.25) is 28.8 Å². The molecule has 3 aliphatic carbocycles. The van der Waals surface area contributed by atoms with Gasteiger partial charge in [-0.1, -0.05) is 78.9 Å². The van der Waals surface area contributed by atoms with E-state index < -0.39 is 40.9 Å². The van der Waals surface area contributed by atoms with Crippen molar-refractivity contribution in [3.8, 4) is 22.1 Å². The number of carbonyl (C=O) groups is 4. The van der Waals surface area contributed by atoms with Gasteiger partial charge in [-0.2, -0.15) is 5.10 Å². The second-order valence-corrected chi connectivity index (χ2v) is 18.7. The molecule has 4 heterocycles. The minimum atomic E-state index is -1.33. The third kappa shape index (κ3) is 5.82. The Kier molecular flexibility index (Phi) is 9.13. The van der Waals surface area contributed by atoms with Crippen molar-refractivity contribution in [3.63, 3.8) is 0 Å². The molecule has 0 radical (unpaired) electrons. The van der Waals surface area contributed by atoms with Crippen LogP contribution in [-0.4, -0.2) is 49.5 Å². The number of hydrogen-bond acceptors (Lipinski definition) is 8. The quantitative estimate of drug-likeness (QED) is 0.128. The fraction of sp³-hybridized carbons (Fsp3) is 0.383. The zero-order valence-electron chi connectivity index (χ0n) is 33.2. The Bertz CT molecular complexity index is 2610.